The first-order valence-electron chi connectivity index (χ1n) is 7.90. The summed E-state index contributed by atoms with van der Waals surface area (Å²) in [5.74, 6) is 0.321. The third-order valence-electron chi connectivity index (χ3n) is 4.09. The number of halogens is 1. The Labute approximate surface area is 142 Å². The van der Waals surface area contributed by atoms with Crippen LogP contribution < -0.4 is 10.1 Å². The Hall–Kier alpha value is -2.40. The molecule has 0 saturated heterocycles. The van der Waals surface area contributed by atoms with Gasteiger partial charge in [0.1, 0.15) is 11.6 Å². The minimum atomic E-state index is -0.246. The molecule has 24 heavy (non-hydrogen) atoms. The highest BCUT2D eigenvalue weighted by Crippen LogP contribution is 2.23. The molecule has 1 N–H and O–H groups in total. The number of nitrogens with one attached hydrogen (secondary N) is 1. The first-order valence-corrected chi connectivity index (χ1v) is 7.90. The molecule has 2 aromatic rings. The largest absolute Gasteiger partial charge is 0.495 e. The predicted molar refractivity (Wildman–Crippen MR) is 93.7 cm³/mol. The molecule has 0 heterocycles. The van der Waals surface area contributed by atoms with Crippen LogP contribution in [0, 0.1) is 5.82 Å². The number of methoxy groups -OCH3 is 1. The van der Waals surface area contributed by atoms with E-state index < -0.39 is 0 Å². The summed E-state index contributed by atoms with van der Waals surface area (Å²) >= 11 is 0. The summed E-state index contributed by atoms with van der Waals surface area (Å²) in [6.07, 6.45) is 0.361. The van der Waals surface area contributed by atoms with Crippen LogP contribution in [0.25, 0.3) is 0 Å². The highest BCUT2D eigenvalue weighted by molar-refractivity contribution is 5.92. The van der Waals surface area contributed by atoms with Gasteiger partial charge in [0.05, 0.1) is 12.8 Å². The Morgan fingerprint density at radius 3 is 2.54 bits per heavy atom. The molecule has 0 fully saturated rings. The van der Waals surface area contributed by atoms with Gasteiger partial charge in [-0.25, -0.2) is 4.39 Å². The van der Waals surface area contributed by atoms with Crippen molar-refractivity contribution in [2.24, 2.45) is 0 Å². The molecule has 0 aliphatic carbocycles. The van der Waals surface area contributed by atoms with Crippen molar-refractivity contribution in [2.45, 2.75) is 19.4 Å². The SMILES string of the molecule is COc1ccccc1NC(=O)CCN(C)C(C)c1ccc(F)cc1. The first kappa shape index (κ1) is 17.9. The number of carbonyl (C=O) groups excluding carboxylic acids is 1. The van der Waals surface area contributed by atoms with Crippen LogP contribution in [0.2, 0.25) is 0 Å². The summed E-state index contributed by atoms with van der Waals surface area (Å²) in [6.45, 7) is 2.63. The van der Waals surface area contributed by atoms with Gasteiger partial charge in [-0.05, 0) is 43.8 Å². The van der Waals surface area contributed by atoms with E-state index in [-0.39, 0.29) is 17.8 Å². The average molecular weight is 330 g/mol. The number of ether oxygens (including phenoxy) is 1. The Morgan fingerprint density at radius 1 is 1.21 bits per heavy atom. The van der Waals surface area contributed by atoms with E-state index in [2.05, 4.69) is 10.2 Å². The lowest BCUT2D eigenvalue weighted by Crippen LogP contribution is -2.27. The molecule has 0 saturated carbocycles. The zero-order valence-electron chi connectivity index (χ0n) is 14.3. The quantitative estimate of drug-likeness (QED) is 0.838. The molecular weight excluding hydrogens is 307 g/mol. The first-order chi connectivity index (χ1) is 11.5. The van der Waals surface area contributed by atoms with Crippen LogP contribution in [0.1, 0.15) is 24.9 Å². The smallest absolute Gasteiger partial charge is 0.225 e. The molecule has 0 aliphatic heterocycles. The van der Waals surface area contributed by atoms with E-state index in [0.717, 1.165) is 5.56 Å². The van der Waals surface area contributed by atoms with Gasteiger partial charge in [0.25, 0.3) is 0 Å². The molecule has 0 spiro atoms. The van der Waals surface area contributed by atoms with Gasteiger partial charge in [-0.2, -0.15) is 0 Å². The minimum Gasteiger partial charge on any atom is -0.495 e. The van der Waals surface area contributed by atoms with Crippen molar-refractivity contribution in [2.75, 3.05) is 26.0 Å². The van der Waals surface area contributed by atoms with Crippen LogP contribution >= 0.6 is 0 Å². The van der Waals surface area contributed by atoms with E-state index in [9.17, 15) is 9.18 Å². The highest BCUT2D eigenvalue weighted by Gasteiger charge is 2.14. The van der Waals surface area contributed by atoms with Gasteiger partial charge < -0.3 is 10.1 Å². The van der Waals surface area contributed by atoms with Crippen molar-refractivity contribution in [3.8, 4) is 5.75 Å². The number of hydrogen-bond donors (Lipinski definition) is 1. The molecule has 4 nitrogen and oxygen atoms in total. The lowest BCUT2D eigenvalue weighted by Gasteiger charge is -2.25. The second-order valence-electron chi connectivity index (χ2n) is 5.71. The zero-order valence-corrected chi connectivity index (χ0v) is 14.3. The number of amides is 1. The molecule has 1 atom stereocenters. The summed E-state index contributed by atoms with van der Waals surface area (Å²) in [4.78, 5) is 14.2. The third-order valence-corrected chi connectivity index (χ3v) is 4.09. The van der Waals surface area contributed by atoms with E-state index >= 15 is 0 Å². The van der Waals surface area contributed by atoms with Crippen LogP contribution in [0.4, 0.5) is 10.1 Å². The Bertz CT molecular complexity index is 673. The normalized spacial score (nSPS) is 12.0. The maximum absolute atomic E-state index is 13.0. The average Bonchev–Trinajstić information content (AvgIpc) is 2.60. The molecule has 2 aromatic carbocycles. The maximum atomic E-state index is 13.0. The van der Waals surface area contributed by atoms with Gasteiger partial charge in [-0.15, -0.1) is 0 Å². The van der Waals surface area contributed by atoms with Gasteiger partial charge in [-0.3, -0.25) is 9.69 Å². The summed E-state index contributed by atoms with van der Waals surface area (Å²) in [7, 11) is 3.52. The molecule has 0 aromatic heterocycles. The fourth-order valence-electron chi connectivity index (χ4n) is 2.43. The lowest BCUT2D eigenvalue weighted by atomic mass is 10.1. The second-order valence-corrected chi connectivity index (χ2v) is 5.71. The van der Waals surface area contributed by atoms with Crippen LogP contribution in [0.15, 0.2) is 48.5 Å². The molecule has 0 radical (unpaired) electrons. The van der Waals surface area contributed by atoms with Crippen LogP contribution in [0.5, 0.6) is 5.75 Å². The molecule has 5 heteroatoms. The van der Waals surface area contributed by atoms with E-state index in [1.54, 1.807) is 25.3 Å². The number of nitrogens with zero attached hydrogens (tertiary/aromatic N) is 1. The molecule has 1 unspecified atom stereocenters. The number of para-hydroxylation sites is 2. The van der Waals surface area contributed by atoms with E-state index in [1.807, 2.05) is 32.2 Å². The molecule has 0 bridgehead atoms. The number of hydrogen-bond acceptors (Lipinski definition) is 3. The number of carbonyl (C=O) groups is 1. The van der Waals surface area contributed by atoms with E-state index in [1.165, 1.54) is 12.1 Å². The zero-order chi connectivity index (χ0) is 17.5. The van der Waals surface area contributed by atoms with Crippen LogP contribution in [-0.4, -0.2) is 31.5 Å². The Kier molecular flexibility index (Phi) is 6.32. The summed E-state index contributed by atoms with van der Waals surface area (Å²) in [5.41, 5.74) is 1.68. The monoisotopic (exact) mass is 330 g/mol. The maximum Gasteiger partial charge on any atom is 0.225 e. The summed E-state index contributed by atoms with van der Waals surface area (Å²) < 4.78 is 18.2. The fraction of sp³-hybridized carbons (Fsp3) is 0.316. The topological polar surface area (TPSA) is 41.6 Å². The number of anilines is 1. The molecule has 2 rings (SSSR count). The van der Waals surface area contributed by atoms with Gasteiger partial charge in [0.15, 0.2) is 0 Å². The standard InChI is InChI=1S/C19H23FN2O2/c1-14(15-8-10-16(20)11-9-15)22(2)13-12-19(23)21-17-6-4-5-7-18(17)24-3/h4-11,14H,12-13H2,1-3H3,(H,21,23). The Balaban J connectivity index is 1.87. The van der Waals surface area contributed by atoms with Crippen molar-refractivity contribution in [1.82, 2.24) is 4.90 Å². The molecular formula is C19H23FN2O2. The lowest BCUT2D eigenvalue weighted by molar-refractivity contribution is -0.116. The second kappa shape index (κ2) is 8.45. The van der Waals surface area contributed by atoms with Crippen molar-refractivity contribution >= 4 is 11.6 Å². The fourth-order valence-corrected chi connectivity index (χ4v) is 2.43. The third kappa shape index (κ3) is 4.80. The van der Waals surface area contributed by atoms with Crippen molar-refractivity contribution in [3.05, 3.63) is 59.9 Å². The van der Waals surface area contributed by atoms with Crippen LogP contribution in [-0.2, 0) is 4.79 Å². The summed E-state index contributed by atoms with van der Waals surface area (Å²) in [6, 6.07) is 13.9. The van der Waals surface area contributed by atoms with Crippen LogP contribution in [0.3, 0.4) is 0 Å². The predicted octanol–water partition coefficient (Wildman–Crippen LogP) is 3.86. The molecule has 128 valence electrons. The van der Waals surface area contributed by atoms with Gasteiger partial charge in [-0.1, -0.05) is 24.3 Å². The highest BCUT2D eigenvalue weighted by atomic mass is 19.1. The van der Waals surface area contributed by atoms with Gasteiger partial charge >= 0.3 is 0 Å². The molecule has 0 aliphatic rings. The van der Waals surface area contributed by atoms with Crippen molar-refractivity contribution in [1.29, 1.82) is 0 Å². The van der Waals surface area contributed by atoms with Crippen molar-refractivity contribution < 1.29 is 13.9 Å². The molecule has 1 amide bonds. The van der Waals surface area contributed by atoms with E-state index in [0.29, 0.717) is 24.4 Å². The van der Waals surface area contributed by atoms with Crippen molar-refractivity contribution in [3.63, 3.8) is 0 Å². The minimum absolute atomic E-state index is 0.0716. The number of rotatable bonds is 7. The van der Waals surface area contributed by atoms with Gasteiger partial charge in [0, 0.05) is 19.0 Å². The van der Waals surface area contributed by atoms with Gasteiger partial charge in [0.2, 0.25) is 5.91 Å². The summed E-state index contributed by atoms with van der Waals surface area (Å²) in [5, 5.41) is 2.86. The Morgan fingerprint density at radius 2 is 1.88 bits per heavy atom. The van der Waals surface area contributed by atoms with E-state index in [4.69, 9.17) is 4.74 Å². The number of benzene rings is 2.